The Bertz CT molecular complexity index is 116. The average Bonchev–Trinajstić information content (AvgIpc) is 1.85. The number of carbonyl (C=O) groups excluding carboxylic acids is 1. The molecule has 0 radical (unpaired) electrons. The van der Waals surface area contributed by atoms with Crippen LogP contribution in [0.4, 0.5) is 0 Å². The third-order valence-corrected chi connectivity index (χ3v) is 1.42. The van der Waals surface area contributed by atoms with E-state index in [1.165, 1.54) is 0 Å². The van der Waals surface area contributed by atoms with Gasteiger partial charge in [-0.25, -0.2) is 0 Å². The molecule has 0 aliphatic heterocycles. The van der Waals surface area contributed by atoms with Crippen molar-refractivity contribution in [2.45, 2.75) is 13.0 Å². The molecule has 0 aliphatic carbocycles. The van der Waals surface area contributed by atoms with E-state index in [4.69, 9.17) is 10.8 Å². The van der Waals surface area contributed by atoms with Crippen molar-refractivity contribution in [2.24, 2.45) is 5.73 Å². The normalized spacial score (nSPS) is 13.6. The zero-order valence-corrected chi connectivity index (χ0v) is 6.37. The lowest BCUT2D eigenvalue weighted by atomic mass is 10.3. The molecule has 0 aromatic rings. The summed E-state index contributed by atoms with van der Waals surface area (Å²) in [5.41, 5.74) is 4.92. The lowest BCUT2D eigenvalue weighted by Gasteiger charge is -2.20. The number of amides is 1. The van der Waals surface area contributed by atoms with Crippen LogP contribution in [0.5, 0.6) is 0 Å². The Morgan fingerprint density at radius 1 is 1.80 bits per heavy atom. The van der Waals surface area contributed by atoms with Crippen LogP contribution in [0.25, 0.3) is 0 Å². The molecule has 0 heterocycles. The molecule has 0 fully saturated rings. The van der Waals surface area contributed by atoms with Crippen molar-refractivity contribution >= 4 is 5.91 Å². The summed E-state index contributed by atoms with van der Waals surface area (Å²) in [6, 6.07) is -0.00694. The van der Waals surface area contributed by atoms with Crippen molar-refractivity contribution in [3.05, 3.63) is 0 Å². The minimum absolute atomic E-state index is 0.00694. The lowest BCUT2D eigenvalue weighted by molar-refractivity contribution is -0.119. The molecule has 0 bridgehead atoms. The monoisotopic (exact) mass is 146 g/mol. The van der Waals surface area contributed by atoms with Gasteiger partial charge in [-0.3, -0.25) is 9.69 Å². The number of rotatable bonds is 4. The summed E-state index contributed by atoms with van der Waals surface area (Å²) in [6.45, 7) is 2.06. The highest BCUT2D eigenvalue weighted by Gasteiger charge is 2.08. The third-order valence-electron chi connectivity index (χ3n) is 1.42. The van der Waals surface area contributed by atoms with Crippen LogP contribution >= 0.6 is 0 Å². The number of nitrogens with two attached hydrogens (primary N) is 1. The molecule has 0 unspecified atom stereocenters. The van der Waals surface area contributed by atoms with Gasteiger partial charge in [-0.1, -0.05) is 0 Å². The van der Waals surface area contributed by atoms with Crippen molar-refractivity contribution < 1.29 is 9.90 Å². The third kappa shape index (κ3) is 3.42. The molecule has 1 amide bonds. The second kappa shape index (κ2) is 4.24. The SMILES string of the molecule is C[C@@H](CO)N(C)CC(N)=O. The highest BCUT2D eigenvalue weighted by atomic mass is 16.3. The number of nitrogens with zero attached hydrogens (tertiary/aromatic N) is 1. The van der Waals surface area contributed by atoms with Gasteiger partial charge in [-0.05, 0) is 14.0 Å². The molecule has 4 heteroatoms. The topological polar surface area (TPSA) is 66.6 Å². The Morgan fingerprint density at radius 2 is 2.30 bits per heavy atom. The molecule has 0 aromatic heterocycles. The molecule has 0 aromatic carbocycles. The molecule has 1 atom stereocenters. The maximum atomic E-state index is 10.3. The van der Waals surface area contributed by atoms with Gasteiger partial charge in [-0.2, -0.15) is 0 Å². The van der Waals surface area contributed by atoms with Gasteiger partial charge in [0.1, 0.15) is 0 Å². The van der Waals surface area contributed by atoms with Gasteiger partial charge in [0.25, 0.3) is 0 Å². The molecular weight excluding hydrogens is 132 g/mol. The van der Waals surface area contributed by atoms with Gasteiger partial charge in [0.15, 0.2) is 0 Å². The fraction of sp³-hybridized carbons (Fsp3) is 0.833. The first-order valence-electron chi connectivity index (χ1n) is 3.17. The average molecular weight is 146 g/mol. The van der Waals surface area contributed by atoms with Crippen molar-refractivity contribution in [3.63, 3.8) is 0 Å². The van der Waals surface area contributed by atoms with Crippen LogP contribution < -0.4 is 5.73 Å². The second-order valence-electron chi connectivity index (χ2n) is 2.41. The van der Waals surface area contributed by atoms with Crippen LogP contribution in [0, 0.1) is 0 Å². The molecule has 60 valence electrons. The van der Waals surface area contributed by atoms with Crippen molar-refractivity contribution in [2.75, 3.05) is 20.2 Å². The largest absolute Gasteiger partial charge is 0.395 e. The van der Waals surface area contributed by atoms with E-state index in [2.05, 4.69) is 0 Å². The number of carbonyl (C=O) groups is 1. The minimum Gasteiger partial charge on any atom is -0.395 e. The number of primary amides is 1. The van der Waals surface area contributed by atoms with Gasteiger partial charge < -0.3 is 10.8 Å². The number of aliphatic hydroxyl groups excluding tert-OH is 1. The van der Waals surface area contributed by atoms with Gasteiger partial charge in [-0.15, -0.1) is 0 Å². The molecule has 0 aliphatic rings. The second-order valence-corrected chi connectivity index (χ2v) is 2.41. The number of hydrogen-bond donors (Lipinski definition) is 2. The summed E-state index contributed by atoms with van der Waals surface area (Å²) in [6.07, 6.45) is 0. The van der Waals surface area contributed by atoms with Crippen LogP contribution in [0.15, 0.2) is 0 Å². The minimum atomic E-state index is -0.372. The fourth-order valence-corrected chi connectivity index (χ4v) is 0.541. The first-order valence-corrected chi connectivity index (χ1v) is 3.17. The van der Waals surface area contributed by atoms with Crippen LogP contribution in [0.3, 0.4) is 0 Å². The Balaban J connectivity index is 3.61. The molecular formula is C6H14N2O2. The Kier molecular flexibility index (Phi) is 3.99. The van der Waals surface area contributed by atoms with E-state index in [9.17, 15) is 4.79 Å². The van der Waals surface area contributed by atoms with E-state index in [1.807, 2.05) is 6.92 Å². The molecule has 0 rings (SSSR count). The molecule has 3 N–H and O–H groups in total. The predicted octanol–water partition coefficient (Wildman–Crippen LogP) is -1.22. The first-order chi connectivity index (χ1) is 4.57. The highest BCUT2D eigenvalue weighted by molar-refractivity contribution is 5.75. The van der Waals surface area contributed by atoms with Crippen LogP contribution in [-0.2, 0) is 4.79 Å². The van der Waals surface area contributed by atoms with Crippen molar-refractivity contribution in [1.29, 1.82) is 0 Å². The van der Waals surface area contributed by atoms with E-state index < -0.39 is 0 Å². The number of likely N-dealkylation sites (N-methyl/N-ethyl adjacent to an activating group) is 1. The fourth-order valence-electron chi connectivity index (χ4n) is 0.541. The van der Waals surface area contributed by atoms with Crippen molar-refractivity contribution in [3.8, 4) is 0 Å². The van der Waals surface area contributed by atoms with Crippen LogP contribution in [0.2, 0.25) is 0 Å². The zero-order valence-electron chi connectivity index (χ0n) is 6.37. The predicted molar refractivity (Wildman–Crippen MR) is 38.4 cm³/mol. The summed E-state index contributed by atoms with van der Waals surface area (Å²) in [7, 11) is 1.74. The standard InChI is InChI=1S/C6H14N2O2/c1-5(4-9)8(2)3-6(7)10/h5,9H,3-4H2,1-2H3,(H2,7,10)/t5-/m0/s1. The summed E-state index contributed by atoms with van der Waals surface area (Å²) in [4.78, 5) is 12.0. The summed E-state index contributed by atoms with van der Waals surface area (Å²) < 4.78 is 0. The van der Waals surface area contributed by atoms with E-state index in [-0.39, 0.29) is 25.1 Å². The van der Waals surface area contributed by atoms with E-state index >= 15 is 0 Å². The van der Waals surface area contributed by atoms with Gasteiger partial charge in [0.2, 0.25) is 5.91 Å². The van der Waals surface area contributed by atoms with Crippen LogP contribution in [0.1, 0.15) is 6.92 Å². The molecule has 10 heavy (non-hydrogen) atoms. The number of aliphatic hydroxyl groups is 1. The smallest absolute Gasteiger partial charge is 0.231 e. The molecule has 0 saturated carbocycles. The van der Waals surface area contributed by atoms with E-state index in [1.54, 1.807) is 11.9 Å². The first kappa shape index (κ1) is 9.39. The Hall–Kier alpha value is -0.610. The summed E-state index contributed by atoms with van der Waals surface area (Å²) in [5, 5.41) is 8.62. The zero-order chi connectivity index (χ0) is 8.15. The van der Waals surface area contributed by atoms with Gasteiger partial charge >= 0.3 is 0 Å². The Labute approximate surface area is 60.6 Å². The molecule has 0 spiro atoms. The lowest BCUT2D eigenvalue weighted by Crippen LogP contribution is -2.38. The van der Waals surface area contributed by atoms with E-state index in [0.717, 1.165) is 0 Å². The Morgan fingerprint density at radius 3 is 2.60 bits per heavy atom. The van der Waals surface area contributed by atoms with Crippen molar-refractivity contribution in [1.82, 2.24) is 4.90 Å². The van der Waals surface area contributed by atoms with Gasteiger partial charge in [0.05, 0.1) is 13.2 Å². The number of hydrogen-bond acceptors (Lipinski definition) is 3. The molecule has 4 nitrogen and oxygen atoms in total. The molecule has 0 saturated heterocycles. The maximum Gasteiger partial charge on any atom is 0.231 e. The van der Waals surface area contributed by atoms with Gasteiger partial charge in [0, 0.05) is 6.04 Å². The highest BCUT2D eigenvalue weighted by Crippen LogP contribution is 1.91. The summed E-state index contributed by atoms with van der Waals surface area (Å²) in [5.74, 6) is -0.372. The maximum absolute atomic E-state index is 10.3. The van der Waals surface area contributed by atoms with E-state index in [0.29, 0.717) is 0 Å². The summed E-state index contributed by atoms with van der Waals surface area (Å²) >= 11 is 0. The quantitative estimate of drug-likeness (QED) is 0.522. The van der Waals surface area contributed by atoms with Crippen LogP contribution in [-0.4, -0.2) is 42.2 Å².